The molecule has 1 N–H and O–H groups in total. The molecule has 11 heteroatoms. The normalized spacial score (nSPS) is 19.4. The second-order valence-corrected chi connectivity index (χ2v) is 10.8. The summed E-state index contributed by atoms with van der Waals surface area (Å²) < 4.78 is 10.8. The summed E-state index contributed by atoms with van der Waals surface area (Å²) >= 11 is 1.64. The monoisotopic (exact) mass is 569 g/mol. The van der Waals surface area contributed by atoms with Gasteiger partial charge in [-0.2, -0.15) is 11.8 Å². The van der Waals surface area contributed by atoms with E-state index in [2.05, 4.69) is 5.32 Å². The van der Waals surface area contributed by atoms with Gasteiger partial charge in [-0.25, -0.2) is 14.8 Å². The van der Waals surface area contributed by atoms with Crippen LogP contribution in [0.25, 0.3) is 0 Å². The molecule has 0 bridgehead atoms. The van der Waals surface area contributed by atoms with E-state index in [1.165, 1.54) is 0 Å². The van der Waals surface area contributed by atoms with Gasteiger partial charge in [0.05, 0.1) is 27.3 Å². The summed E-state index contributed by atoms with van der Waals surface area (Å²) in [4.78, 5) is 44.2. The molecule has 4 rings (SSSR count). The molecular weight excluding hydrogens is 530 g/mol. The van der Waals surface area contributed by atoms with Crippen LogP contribution in [-0.2, 0) is 22.6 Å². The smallest absolute Gasteiger partial charge is 0.334 e. The average molecular weight is 570 g/mol. The van der Waals surface area contributed by atoms with E-state index in [0.717, 1.165) is 16.9 Å². The largest absolute Gasteiger partial charge is 0.493 e. The summed E-state index contributed by atoms with van der Waals surface area (Å²) in [6.07, 6.45) is 2.52. The summed E-state index contributed by atoms with van der Waals surface area (Å²) in [7, 11) is 3.19. The van der Waals surface area contributed by atoms with Crippen LogP contribution in [0.5, 0.6) is 11.5 Å². The molecule has 40 heavy (non-hydrogen) atoms. The fourth-order valence-electron chi connectivity index (χ4n) is 5.33. The lowest BCUT2D eigenvalue weighted by molar-refractivity contribution is -0.189. The van der Waals surface area contributed by atoms with Gasteiger partial charge in [0.1, 0.15) is 12.2 Å². The highest BCUT2D eigenvalue weighted by Crippen LogP contribution is 2.30. The maximum Gasteiger partial charge on any atom is 0.334 e. The van der Waals surface area contributed by atoms with E-state index in [1.54, 1.807) is 45.8 Å². The number of amides is 4. The van der Waals surface area contributed by atoms with Crippen LogP contribution in [0.1, 0.15) is 24.5 Å². The standard InChI is InChI=1S/C29H39N5O5S/c1-5-32-20-27(35)33-23(14-16-40-4)28(36)31(15-13-21-11-12-24(38-2)25(17-21)39-3)19-26(33)34(32)29(37)30-18-22-9-7-6-8-10-22/h6-12,17,23,26H,5,13-16,18-20H2,1-4H3,(H,30,37)/t23-,26-/m0/s1. The van der Waals surface area contributed by atoms with Gasteiger partial charge < -0.3 is 24.6 Å². The van der Waals surface area contributed by atoms with Crippen molar-refractivity contribution < 1.29 is 23.9 Å². The third-order valence-electron chi connectivity index (χ3n) is 7.40. The van der Waals surface area contributed by atoms with Crippen molar-refractivity contribution in [1.29, 1.82) is 0 Å². The van der Waals surface area contributed by atoms with Gasteiger partial charge in [0, 0.05) is 19.6 Å². The zero-order valence-corrected chi connectivity index (χ0v) is 24.5. The maximum atomic E-state index is 13.8. The highest BCUT2D eigenvalue weighted by atomic mass is 32.2. The van der Waals surface area contributed by atoms with Crippen LogP contribution in [-0.4, -0.2) is 102 Å². The third kappa shape index (κ3) is 6.47. The Morgan fingerprint density at radius 1 is 1.05 bits per heavy atom. The fraction of sp³-hybridized carbons (Fsp3) is 0.483. The van der Waals surface area contributed by atoms with Crippen molar-refractivity contribution in [3.05, 3.63) is 59.7 Å². The number of piperazine rings is 1. The third-order valence-corrected chi connectivity index (χ3v) is 8.05. The molecule has 0 radical (unpaired) electrons. The minimum atomic E-state index is -0.618. The maximum absolute atomic E-state index is 13.8. The number of rotatable bonds is 11. The van der Waals surface area contributed by atoms with Gasteiger partial charge in [-0.05, 0) is 48.1 Å². The van der Waals surface area contributed by atoms with Gasteiger partial charge in [0.15, 0.2) is 11.5 Å². The molecule has 2 aromatic rings. The Kier molecular flexibility index (Phi) is 10.2. The number of nitrogens with zero attached hydrogens (tertiary/aromatic N) is 4. The van der Waals surface area contributed by atoms with E-state index in [-0.39, 0.29) is 30.9 Å². The predicted octanol–water partition coefficient (Wildman–Crippen LogP) is 2.83. The number of likely N-dealkylation sites (N-methyl/N-ethyl adjacent to an activating group) is 1. The lowest BCUT2D eigenvalue weighted by atomic mass is 10.0. The number of benzene rings is 2. The molecule has 0 unspecified atom stereocenters. The Bertz CT molecular complexity index is 1180. The first-order valence-electron chi connectivity index (χ1n) is 13.6. The first-order chi connectivity index (χ1) is 19.4. The van der Waals surface area contributed by atoms with E-state index in [1.807, 2.05) is 61.7 Å². The van der Waals surface area contributed by atoms with E-state index < -0.39 is 12.2 Å². The van der Waals surface area contributed by atoms with Crippen molar-refractivity contribution in [2.24, 2.45) is 0 Å². The Balaban J connectivity index is 1.58. The first-order valence-corrected chi connectivity index (χ1v) is 15.0. The molecule has 2 aromatic carbocycles. The fourth-order valence-corrected chi connectivity index (χ4v) is 5.79. The molecular formula is C29H39N5O5S. The molecule has 10 nitrogen and oxygen atoms in total. The van der Waals surface area contributed by atoms with Crippen LogP contribution in [0.15, 0.2) is 48.5 Å². The van der Waals surface area contributed by atoms with E-state index in [0.29, 0.717) is 44.0 Å². The number of ether oxygens (including phenoxy) is 2. The van der Waals surface area contributed by atoms with E-state index in [9.17, 15) is 14.4 Å². The molecule has 216 valence electrons. The molecule has 2 aliphatic heterocycles. The number of methoxy groups -OCH3 is 2. The minimum absolute atomic E-state index is 0.0560. The molecule has 0 saturated carbocycles. The SMILES string of the molecule is CCN1CC(=O)N2[C@@H](CCSC)C(=O)N(CCc3ccc(OC)c(OC)c3)C[C@@H]2N1C(=O)NCc1ccccc1. The van der Waals surface area contributed by atoms with Crippen LogP contribution in [0, 0.1) is 0 Å². The number of fused-ring (bicyclic) bond motifs is 1. The van der Waals surface area contributed by atoms with Crippen molar-refractivity contribution in [2.75, 3.05) is 52.4 Å². The summed E-state index contributed by atoms with van der Waals surface area (Å²) in [6, 6.07) is 14.5. The van der Waals surface area contributed by atoms with Gasteiger partial charge >= 0.3 is 6.03 Å². The number of urea groups is 1. The number of nitrogens with one attached hydrogen (secondary N) is 1. The van der Waals surface area contributed by atoms with Crippen LogP contribution in [0.4, 0.5) is 4.79 Å². The summed E-state index contributed by atoms with van der Waals surface area (Å²) in [5, 5.41) is 6.44. The number of carbonyl (C=O) groups is 3. The lowest BCUT2D eigenvalue weighted by Crippen LogP contribution is -2.76. The topological polar surface area (TPSA) is 94.7 Å². The molecule has 2 saturated heterocycles. The number of carbonyl (C=O) groups excluding carboxylic acids is 3. The second kappa shape index (κ2) is 13.8. The number of thioether (sulfide) groups is 1. The minimum Gasteiger partial charge on any atom is -0.493 e. The first kappa shape index (κ1) is 29.5. The molecule has 2 heterocycles. The van der Waals surface area contributed by atoms with Gasteiger partial charge in [0.2, 0.25) is 11.8 Å². The molecule has 0 aromatic heterocycles. The predicted molar refractivity (Wildman–Crippen MR) is 155 cm³/mol. The van der Waals surface area contributed by atoms with Crippen molar-refractivity contribution >= 4 is 29.6 Å². The van der Waals surface area contributed by atoms with Crippen LogP contribution in [0.2, 0.25) is 0 Å². The zero-order chi connectivity index (χ0) is 28.6. The highest BCUT2D eigenvalue weighted by molar-refractivity contribution is 7.98. The molecule has 2 aliphatic rings. The average Bonchev–Trinajstić information content (AvgIpc) is 2.98. The van der Waals surface area contributed by atoms with Crippen molar-refractivity contribution in [3.8, 4) is 11.5 Å². The van der Waals surface area contributed by atoms with Gasteiger partial charge in [-0.15, -0.1) is 0 Å². The van der Waals surface area contributed by atoms with Gasteiger partial charge in [0.25, 0.3) is 0 Å². The van der Waals surface area contributed by atoms with Crippen molar-refractivity contribution in [1.82, 2.24) is 25.1 Å². The van der Waals surface area contributed by atoms with Crippen LogP contribution >= 0.6 is 11.8 Å². The van der Waals surface area contributed by atoms with Crippen molar-refractivity contribution in [2.45, 2.75) is 38.5 Å². The van der Waals surface area contributed by atoms with Crippen LogP contribution in [0.3, 0.4) is 0 Å². The van der Waals surface area contributed by atoms with Crippen molar-refractivity contribution in [3.63, 3.8) is 0 Å². The summed E-state index contributed by atoms with van der Waals surface area (Å²) in [5.41, 5.74) is 1.98. The molecule has 4 amide bonds. The van der Waals surface area contributed by atoms with Gasteiger partial charge in [-0.3, -0.25) is 9.59 Å². The second-order valence-electron chi connectivity index (χ2n) is 9.77. The number of hydrazine groups is 1. The Labute approximate surface area is 240 Å². The molecule has 2 fully saturated rings. The quantitative estimate of drug-likeness (QED) is 0.445. The molecule has 0 aliphatic carbocycles. The zero-order valence-electron chi connectivity index (χ0n) is 23.7. The molecule has 2 atom stereocenters. The van der Waals surface area contributed by atoms with Crippen LogP contribution < -0.4 is 14.8 Å². The summed E-state index contributed by atoms with van der Waals surface area (Å²) in [5.74, 6) is 1.80. The van der Waals surface area contributed by atoms with E-state index >= 15 is 0 Å². The Morgan fingerprint density at radius 3 is 2.48 bits per heavy atom. The molecule has 0 spiro atoms. The summed E-state index contributed by atoms with van der Waals surface area (Å²) in [6.45, 7) is 3.53. The number of hydrogen-bond acceptors (Lipinski definition) is 7. The highest BCUT2D eigenvalue weighted by Gasteiger charge is 2.50. The van der Waals surface area contributed by atoms with Gasteiger partial charge in [-0.1, -0.05) is 43.3 Å². The lowest BCUT2D eigenvalue weighted by Gasteiger charge is -2.55. The van der Waals surface area contributed by atoms with E-state index in [4.69, 9.17) is 9.47 Å². The Morgan fingerprint density at radius 2 is 1.80 bits per heavy atom. The Hall–Kier alpha value is -3.44. The number of hydrogen-bond donors (Lipinski definition) is 1.